The lowest BCUT2D eigenvalue weighted by Crippen LogP contribution is -2.25. The molecule has 9 nitrogen and oxygen atoms in total. The van der Waals surface area contributed by atoms with E-state index in [9.17, 15) is 4.79 Å². The zero-order chi connectivity index (χ0) is 28.6. The van der Waals surface area contributed by atoms with E-state index in [1.165, 1.54) is 11.8 Å². The molecule has 11 heteroatoms. The van der Waals surface area contributed by atoms with Crippen molar-refractivity contribution in [2.45, 2.75) is 23.8 Å². The average molecular weight is 581 g/mol. The van der Waals surface area contributed by atoms with Crippen molar-refractivity contribution in [1.82, 2.24) is 15.2 Å². The quantitative estimate of drug-likeness (QED) is 0.202. The van der Waals surface area contributed by atoms with Gasteiger partial charge in [-0.15, -0.1) is 10.2 Å². The molecule has 4 aromatic rings. The number of aromatic nitrogens is 3. The highest BCUT2D eigenvalue weighted by Gasteiger charge is 2.23. The number of ether oxygens (including phenoxy) is 4. The number of nitrogens with one attached hydrogen (secondary N) is 1. The van der Waals surface area contributed by atoms with Crippen LogP contribution in [0.1, 0.15) is 13.3 Å². The lowest BCUT2D eigenvalue weighted by atomic mass is 10.0. The minimum Gasteiger partial charge on any atom is -0.493 e. The zero-order valence-corrected chi connectivity index (χ0v) is 24.3. The van der Waals surface area contributed by atoms with Crippen LogP contribution in [0.25, 0.3) is 22.5 Å². The fraction of sp³-hybridized carbons (Fsp3) is 0.241. The molecule has 1 atom stereocenters. The van der Waals surface area contributed by atoms with Gasteiger partial charge in [0.15, 0.2) is 23.0 Å². The molecule has 0 aliphatic heterocycles. The van der Waals surface area contributed by atoms with Gasteiger partial charge in [-0.25, -0.2) is 4.98 Å². The normalized spacial score (nSPS) is 11.4. The van der Waals surface area contributed by atoms with E-state index in [1.54, 1.807) is 64.8 Å². The molecular weight excluding hydrogens is 552 g/mol. The SMILES string of the molecule is CCC(Sc1nnc(-c2ccc(OC)c(OC)c2)c(-c2ccc(OC)c(OC)c2)n1)C(=O)Nc1cccc(Cl)c1. The number of rotatable bonds is 11. The summed E-state index contributed by atoms with van der Waals surface area (Å²) < 4.78 is 21.8. The van der Waals surface area contributed by atoms with Gasteiger partial charge in [-0.2, -0.15) is 0 Å². The maximum atomic E-state index is 13.1. The second kappa shape index (κ2) is 13.4. The monoisotopic (exact) mass is 580 g/mol. The van der Waals surface area contributed by atoms with Gasteiger partial charge in [-0.1, -0.05) is 36.4 Å². The van der Waals surface area contributed by atoms with Crippen LogP contribution < -0.4 is 24.3 Å². The first-order chi connectivity index (χ1) is 19.4. The smallest absolute Gasteiger partial charge is 0.237 e. The predicted octanol–water partition coefficient (Wildman–Crippen LogP) is 6.40. The minimum absolute atomic E-state index is 0.185. The second-order valence-corrected chi connectivity index (χ2v) is 10.1. The minimum atomic E-state index is -0.467. The summed E-state index contributed by atoms with van der Waals surface area (Å²) in [5.74, 6) is 2.07. The molecule has 0 saturated heterocycles. The number of carbonyl (C=O) groups is 1. The Morgan fingerprint density at radius 1 is 0.825 bits per heavy atom. The van der Waals surface area contributed by atoms with Gasteiger partial charge in [0, 0.05) is 21.8 Å². The molecule has 0 radical (unpaired) electrons. The topological polar surface area (TPSA) is 105 Å². The molecule has 3 aromatic carbocycles. The van der Waals surface area contributed by atoms with Gasteiger partial charge in [-0.05, 0) is 61.0 Å². The maximum absolute atomic E-state index is 13.1. The summed E-state index contributed by atoms with van der Waals surface area (Å²) in [5.41, 5.74) is 3.15. The van der Waals surface area contributed by atoms with E-state index in [0.29, 0.717) is 56.7 Å². The van der Waals surface area contributed by atoms with E-state index >= 15 is 0 Å². The van der Waals surface area contributed by atoms with Crippen molar-refractivity contribution < 1.29 is 23.7 Å². The van der Waals surface area contributed by atoms with Crippen molar-refractivity contribution in [3.05, 3.63) is 65.7 Å². The number of hydrogen-bond donors (Lipinski definition) is 1. The number of thioether (sulfide) groups is 1. The third-order valence-electron chi connectivity index (χ3n) is 5.98. The molecule has 0 aliphatic carbocycles. The molecule has 1 unspecified atom stereocenters. The summed E-state index contributed by atoms with van der Waals surface area (Å²) in [6.07, 6.45) is 0.545. The van der Waals surface area contributed by atoms with Crippen molar-refractivity contribution in [3.8, 4) is 45.5 Å². The van der Waals surface area contributed by atoms with Crippen LogP contribution in [0.3, 0.4) is 0 Å². The van der Waals surface area contributed by atoms with Crippen molar-refractivity contribution >= 4 is 35.0 Å². The first kappa shape index (κ1) is 29.0. The Bertz CT molecular complexity index is 1500. The Hall–Kier alpha value is -4.02. The van der Waals surface area contributed by atoms with Crippen LogP contribution in [0.5, 0.6) is 23.0 Å². The highest BCUT2D eigenvalue weighted by atomic mass is 35.5. The van der Waals surface area contributed by atoms with Crippen LogP contribution in [0.2, 0.25) is 5.02 Å². The molecule has 4 rings (SSSR count). The first-order valence-corrected chi connectivity index (χ1v) is 13.6. The predicted molar refractivity (Wildman–Crippen MR) is 157 cm³/mol. The molecule has 40 heavy (non-hydrogen) atoms. The number of halogens is 1. The Morgan fingerprint density at radius 2 is 1.43 bits per heavy atom. The van der Waals surface area contributed by atoms with E-state index in [2.05, 4.69) is 15.5 Å². The van der Waals surface area contributed by atoms with E-state index in [4.69, 9.17) is 35.5 Å². The van der Waals surface area contributed by atoms with Crippen molar-refractivity contribution in [3.63, 3.8) is 0 Å². The van der Waals surface area contributed by atoms with Crippen LogP contribution in [-0.2, 0) is 4.79 Å². The van der Waals surface area contributed by atoms with Crippen LogP contribution in [0.15, 0.2) is 65.8 Å². The number of anilines is 1. The van der Waals surface area contributed by atoms with E-state index in [1.807, 2.05) is 31.2 Å². The fourth-order valence-electron chi connectivity index (χ4n) is 3.96. The number of nitrogens with zero attached hydrogens (tertiary/aromatic N) is 3. The van der Waals surface area contributed by atoms with Crippen molar-refractivity contribution in [2.75, 3.05) is 33.8 Å². The van der Waals surface area contributed by atoms with Crippen LogP contribution in [0, 0.1) is 0 Å². The van der Waals surface area contributed by atoms with Crippen LogP contribution >= 0.6 is 23.4 Å². The number of hydrogen-bond acceptors (Lipinski definition) is 9. The first-order valence-electron chi connectivity index (χ1n) is 12.3. The Labute approximate surface area is 242 Å². The van der Waals surface area contributed by atoms with Crippen molar-refractivity contribution in [1.29, 1.82) is 0 Å². The van der Waals surface area contributed by atoms with E-state index in [-0.39, 0.29) is 5.91 Å². The molecular formula is C29H29ClN4O5S. The van der Waals surface area contributed by atoms with Crippen LogP contribution in [0.4, 0.5) is 5.69 Å². The second-order valence-electron chi connectivity index (χ2n) is 8.45. The molecule has 0 fully saturated rings. The Morgan fingerprint density at radius 3 is 1.98 bits per heavy atom. The molecule has 0 spiro atoms. The van der Waals surface area contributed by atoms with E-state index < -0.39 is 5.25 Å². The van der Waals surface area contributed by atoms with Gasteiger partial charge >= 0.3 is 0 Å². The summed E-state index contributed by atoms with van der Waals surface area (Å²) >= 11 is 7.31. The lowest BCUT2D eigenvalue weighted by Gasteiger charge is -2.16. The lowest BCUT2D eigenvalue weighted by molar-refractivity contribution is -0.115. The van der Waals surface area contributed by atoms with Gasteiger partial charge in [-0.3, -0.25) is 4.79 Å². The molecule has 0 aliphatic rings. The van der Waals surface area contributed by atoms with Gasteiger partial charge in [0.05, 0.1) is 33.7 Å². The van der Waals surface area contributed by atoms with E-state index in [0.717, 1.165) is 11.1 Å². The summed E-state index contributed by atoms with van der Waals surface area (Å²) in [6, 6.07) is 18.0. The molecule has 0 bridgehead atoms. The summed E-state index contributed by atoms with van der Waals surface area (Å²) in [6.45, 7) is 1.93. The summed E-state index contributed by atoms with van der Waals surface area (Å²) in [5, 5.41) is 12.3. The third-order valence-corrected chi connectivity index (χ3v) is 7.44. The number of carbonyl (C=O) groups excluding carboxylic acids is 1. The van der Waals surface area contributed by atoms with Gasteiger partial charge in [0.1, 0.15) is 11.4 Å². The third kappa shape index (κ3) is 6.57. The zero-order valence-electron chi connectivity index (χ0n) is 22.7. The summed E-state index contributed by atoms with van der Waals surface area (Å²) in [4.78, 5) is 17.9. The highest BCUT2D eigenvalue weighted by Crippen LogP contribution is 2.38. The number of methoxy groups -OCH3 is 4. The average Bonchev–Trinajstić information content (AvgIpc) is 2.98. The van der Waals surface area contributed by atoms with Gasteiger partial charge < -0.3 is 24.3 Å². The molecule has 208 valence electrons. The highest BCUT2D eigenvalue weighted by molar-refractivity contribution is 8.00. The number of benzene rings is 3. The molecule has 1 amide bonds. The number of amides is 1. The molecule has 0 saturated carbocycles. The molecule has 1 heterocycles. The fourth-order valence-corrected chi connectivity index (χ4v) is 4.97. The summed E-state index contributed by atoms with van der Waals surface area (Å²) in [7, 11) is 6.29. The van der Waals surface area contributed by atoms with Gasteiger partial charge in [0.25, 0.3) is 0 Å². The van der Waals surface area contributed by atoms with Gasteiger partial charge in [0.2, 0.25) is 11.1 Å². The largest absolute Gasteiger partial charge is 0.493 e. The maximum Gasteiger partial charge on any atom is 0.237 e. The molecule has 1 N–H and O–H groups in total. The Balaban J connectivity index is 1.74. The standard InChI is InChI=1S/C29H29ClN4O5S/c1-6-25(28(35)31-20-9-7-8-19(30)16-20)40-29-32-26(17-10-12-21(36-2)23(14-17)38-4)27(33-34-29)18-11-13-22(37-3)24(15-18)39-5/h7-16,25H,6H2,1-5H3,(H,31,35). The van der Waals surface area contributed by atoms with Crippen LogP contribution in [-0.4, -0.2) is 54.8 Å². The molecule has 1 aromatic heterocycles. The van der Waals surface area contributed by atoms with Crippen molar-refractivity contribution in [2.24, 2.45) is 0 Å². The Kier molecular flexibility index (Phi) is 9.68.